The summed E-state index contributed by atoms with van der Waals surface area (Å²) in [5.41, 5.74) is -0.0745. The van der Waals surface area contributed by atoms with Crippen LogP contribution in [0.4, 0.5) is 14.9 Å². The first-order valence-corrected chi connectivity index (χ1v) is 7.81. The number of ether oxygens (including phenoxy) is 1. The highest BCUT2D eigenvalue weighted by atomic mass is 79.9. The zero-order chi connectivity index (χ0) is 15.6. The number of hydrogen-bond acceptors (Lipinski definition) is 2. The molecule has 1 aliphatic carbocycles. The smallest absolute Gasteiger partial charge is 0.411 e. The molecule has 2 atom stereocenters. The van der Waals surface area contributed by atoms with Crippen molar-refractivity contribution < 1.29 is 13.9 Å². The van der Waals surface area contributed by atoms with Gasteiger partial charge in [0.25, 0.3) is 0 Å². The van der Waals surface area contributed by atoms with Crippen molar-refractivity contribution in [2.75, 3.05) is 11.9 Å². The van der Waals surface area contributed by atoms with E-state index in [1.54, 1.807) is 24.3 Å². The van der Waals surface area contributed by atoms with Gasteiger partial charge < -0.3 is 4.74 Å². The second-order valence-corrected chi connectivity index (χ2v) is 6.28. The van der Waals surface area contributed by atoms with Gasteiger partial charge in [-0.2, -0.15) is 0 Å². The van der Waals surface area contributed by atoms with Crippen molar-refractivity contribution in [3.63, 3.8) is 0 Å². The number of carbonyl (C=O) groups excluding carboxylic acids is 1. The number of benzene rings is 2. The Labute approximate surface area is 136 Å². The van der Waals surface area contributed by atoms with Gasteiger partial charge in [-0.15, -0.1) is 0 Å². The Morgan fingerprint density at radius 2 is 1.91 bits per heavy atom. The van der Waals surface area contributed by atoms with E-state index in [0.29, 0.717) is 17.7 Å². The maximum absolute atomic E-state index is 14.6. The topological polar surface area (TPSA) is 38.3 Å². The van der Waals surface area contributed by atoms with Crippen molar-refractivity contribution in [3.05, 3.63) is 64.6 Å². The lowest BCUT2D eigenvalue weighted by molar-refractivity contribution is 0.143. The lowest BCUT2D eigenvalue weighted by atomic mass is 10.1. The van der Waals surface area contributed by atoms with Crippen molar-refractivity contribution in [2.24, 2.45) is 5.92 Å². The normalized spacial score (nSPS) is 22.9. The summed E-state index contributed by atoms with van der Waals surface area (Å²) in [5.74, 6) is -0.273. The highest BCUT2D eigenvalue weighted by molar-refractivity contribution is 9.10. The quantitative estimate of drug-likeness (QED) is 0.840. The lowest BCUT2D eigenvalue weighted by Crippen LogP contribution is -2.17. The predicted octanol–water partition coefficient (Wildman–Crippen LogP) is 4.88. The molecular weight excluding hydrogens is 349 g/mol. The van der Waals surface area contributed by atoms with Crippen molar-refractivity contribution in [3.8, 4) is 0 Å². The van der Waals surface area contributed by atoms with Gasteiger partial charge in [-0.3, -0.25) is 5.32 Å². The number of alkyl halides is 1. The zero-order valence-corrected chi connectivity index (χ0v) is 13.3. The molecule has 3 rings (SSSR count). The molecule has 1 saturated carbocycles. The van der Waals surface area contributed by atoms with E-state index in [2.05, 4.69) is 21.2 Å². The Morgan fingerprint density at radius 3 is 2.59 bits per heavy atom. The molecule has 2 aromatic carbocycles. The molecular formula is C17H15BrFNO2. The number of hydrogen-bond donors (Lipinski definition) is 1. The Morgan fingerprint density at radius 1 is 1.23 bits per heavy atom. The first kappa shape index (κ1) is 15.0. The molecule has 1 aliphatic rings. The fourth-order valence-electron chi connectivity index (χ4n) is 2.42. The van der Waals surface area contributed by atoms with Crippen LogP contribution in [-0.2, 0) is 10.4 Å². The van der Waals surface area contributed by atoms with Crippen LogP contribution in [0.15, 0.2) is 59.1 Å². The monoisotopic (exact) mass is 363 g/mol. The molecule has 1 amide bonds. The van der Waals surface area contributed by atoms with E-state index >= 15 is 0 Å². The second kappa shape index (κ2) is 6.08. The molecule has 114 valence electrons. The number of halogens is 2. The van der Waals surface area contributed by atoms with Crippen LogP contribution in [-0.4, -0.2) is 12.7 Å². The Bertz CT molecular complexity index is 662. The third kappa shape index (κ3) is 3.30. The van der Waals surface area contributed by atoms with Crippen molar-refractivity contribution in [2.45, 2.75) is 12.1 Å². The van der Waals surface area contributed by atoms with Crippen molar-refractivity contribution >= 4 is 27.7 Å². The van der Waals surface area contributed by atoms with Crippen molar-refractivity contribution in [1.82, 2.24) is 0 Å². The summed E-state index contributed by atoms with van der Waals surface area (Å²) in [5, 5.41) is 2.61. The summed E-state index contributed by atoms with van der Waals surface area (Å²) in [6.07, 6.45) is -0.174. The van der Waals surface area contributed by atoms with Gasteiger partial charge >= 0.3 is 6.09 Å². The van der Waals surface area contributed by atoms with E-state index in [1.807, 2.05) is 30.3 Å². The fourth-order valence-corrected chi connectivity index (χ4v) is 2.69. The van der Waals surface area contributed by atoms with Gasteiger partial charge in [0.1, 0.15) is 5.67 Å². The van der Waals surface area contributed by atoms with Crippen LogP contribution in [0.5, 0.6) is 0 Å². The summed E-state index contributed by atoms with van der Waals surface area (Å²) in [6.45, 7) is 0.0771. The molecule has 2 aromatic rings. The van der Waals surface area contributed by atoms with Gasteiger partial charge in [0, 0.05) is 16.1 Å². The van der Waals surface area contributed by atoms with E-state index < -0.39 is 11.8 Å². The van der Waals surface area contributed by atoms with Gasteiger partial charge in [-0.1, -0.05) is 46.3 Å². The maximum Gasteiger partial charge on any atom is 0.411 e. The van der Waals surface area contributed by atoms with Crippen LogP contribution in [0.1, 0.15) is 12.0 Å². The number of nitrogens with one attached hydrogen (secondary N) is 1. The highest BCUT2D eigenvalue weighted by Crippen LogP contribution is 2.55. The number of amides is 1. The molecule has 0 aromatic heterocycles. The Hall–Kier alpha value is -1.88. The largest absolute Gasteiger partial charge is 0.449 e. The average molecular weight is 364 g/mol. The summed E-state index contributed by atoms with van der Waals surface area (Å²) in [6, 6.07) is 16.2. The van der Waals surface area contributed by atoms with Gasteiger partial charge in [0.15, 0.2) is 0 Å². The van der Waals surface area contributed by atoms with Crippen LogP contribution in [0.2, 0.25) is 0 Å². The summed E-state index contributed by atoms with van der Waals surface area (Å²) in [7, 11) is 0. The van der Waals surface area contributed by atoms with E-state index in [1.165, 1.54) is 0 Å². The van der Waals surface area contributed by atoms with Gasteiger partial charge in [-0.05, 0) is 36.2 Å². The first-order chi connectivity index (χ1) is 10.6. The third-order valence-electron chi connectivity index (χ3n) is 3.79. The van der Waals surface area contributed by atoms with E-state index in [0.717, 1.165) is 4.47 Å². The molecule has 0 unspecified atom stereocenters. The molecule has 5 heteroatoms. The Kier molecular flexibility index (Phi) is 4.16. The van der Waals surface area contributed by atoms with Crippen LogP contribution >= 0.6 is 15.9 Å². The standard InChI is InChI=1S/C17H15BrFNO2/c18-14-6-8-15(9-7-14)20-16(21)22-11-13-10-17(13,19)12-4-2-1-3-5-12/h1-9,13H,10-11H2,(H,20,21)/t13-,17-/m0/s1. The molecule has 1 fully saturated rings. The van der Waals surface area contributed by atoms with Gasteiger partial charge in [0.05, 0.1) is 6.61 Å². The van der Waals surface area contributed by atoms with E-state index in [-0.39, 0.29) is 12.5 Å². The van der Waals surface area contributed by atoms with Gasteiger partial charge in [-0.25, -0.2) is 9.18 Å². The minimum atomic E-state index is -1.36. The first-order valence-electron chi connectivity index (χ1n) is 7.02. The highest BCUT2D eigenvalue weighted by Gasteiger charge is 2.57. The summed E-state index contributed by atoms with van der Waals surface area (Å²) in [4.78, 5) is 11.7. The predicted molar refractivity (Wildman–Crippen MR) is 86.4 cm³/mol. The van der Waals surface area contributed by atoms with Crippen molar-refractivity contribution in [1.29, 1.82) is 0 Å². The maximum atomic E-state index is 14.6. The molecule has 0 heterocycles. The average Bonchev–Trinajstić information content (AvgIpc) is 3.21. The molecule has 22 heavy (non-hydrogen) atoms. The van der Waals surface area contributed by atoms with Crippen LogP contribution < -0.4 is 5.32 Å². The van der Waals surface area contributed by atoms with Crippen LogP contribution in [0, 0.1) is 5.92 Å². The van der Waals surface area contributed by atoms with Crippen LogP contribution in [0.25, 0.3) is 0 Å². The van der Waals surface area contributed by atoms with Crippen LogP contribution in [0.3, 0.4) is 0 Å². The molecule has 0 spiro atoms. The minimum absolute atomic E-state index is 0.0771. The molecule has 0 bridgehead atoms. The SMILES string of the molecule is O=C(Nc1ccc(Br)cc1)OC[C@@H]1C[C@]1(F)c1ccccc1. The fraction of sp³-hybridized carbons (Fsp3) is 0.235. The summed E-state index contributed by atoms with van der Waals surface area (Å²) < 4.78 is 20.6. The number of rotatable bonds is 4. The van der Waals surface area contributed by atoms with Gasteiger partial charge in [0.2, 0.25) is 0 Å². The molecule has 0 saturated heterocycles. The van der Waals surface area contributed by atoms with E-state index in [9.17, 15) is 9.18 Å². The number of carbonyl (C=O) groups is 1. The van der Waals surface area contributed by atoms with E-state index in [4.69, 9.17) is 4.74 Å². The summed E-state index contributed by atoms with van der Waals surface area (Å²) >= 11 is 3.32. The molecule has 1 N–H and O–H groups in total. The number of anilines is 1. The Balaban J connectivity index is 1.49. The third-order valence-corrected chi connectivity index (χ3v) is 4.32. The zero-order valence-electron chi connectivity index (χ0n) is 11.8. The molecule has 0 aliphatic heterocycles. The molecule has 3 nitrogen and oxygen atoms in total. The minimum Gasteiger partial charge on any atom is -0.449 e. The molecule has 0 radical (unpaired) electrons. The lowest BCUT2D eigenvalue weighted by Gasteiger charge is -2.09. The second-order valence-electron chi connectivity index (χ2n) is 5.36.